The van der Waals surface area contributed by atoms with Gasteiger partial charge in [0.25, 0.3) is 0 Å². The van der Waals surface area contributed by atoms with E-state index in [1.807, 2.05) is 30.3 Å². The zero-order chi connectivity index (χ0) is 15.3. The molecule has 0 fully saturated rings. The van der Waals surface area contributed by atoms with Crippen molar-refractivity contribution in [1.82, 2.24) is 0 Å². The molecule has 0 saturated heterocycles. The molecule has 0 bridgehead atoms. The number of hydrogen-bond acceptors (Lipinski definition) is 3. The number of nitrogens with zero attached hydrogens (tertiary/aromatic N) is 1. The van der Waals surface area contributed by atoms with Crippen molar-refractivity contribution in [3.05, 3.63) is 35.6 Å². The topological polar surface area (TPSA) is 84.5 Å². The minimum Gasteiger partial charge on any atom is -0.490 e. The standard InChI is InChI=1S/C16H24N2O3.Li/c17-15(13-21-14-9-5-4-6-10-14)18-12-8-3-1-2-7-11-16(19)20;/h4-6,9-10H,1-3,7-8,11-13H2,(H3,17,18,19,20);/q;+1/p-1. The van der Waals surface area contributed by atoms with Crippen LogP contribution < -0.4 is 23.6 Å². The molecule has 116 valence electrons. The van der Waals surface area contributed by atoms with Crippen LogP contribution in [0.15, 0.2) is 30.3 Å². The number of carbonyl (C=O) groups is 1. The maximum Gasteiger partial charge on any atom is 1.00 e. The summed E-state index contributed by atoms with van der Waals surface area (Å²) in [7, 11) is 0. The fourth-order valence-corrected chi connectivity index (χ4v) is 1.85. The first-order valence-electron chi connectivity index (χ1n) is 7.33. The second kappa shape index (κ2) is 13.2. The molecule has 0 atom stereocenters. The van der Waals surface area contributed by atoms with Crippen molar-refractivity contribution in [2.24, 2.45) is 0 Å². The Morgan fingerprint density at radius 1 is 1.09 bits per heavy atom. The average molecular weight is 298 g/mol. The summed E-state index contributed by atoms with van der Waals surface area (Å²) in [6.45, 7) is 0.832. The molecule has 0 heterocycles. The largest absolute Gasteiger partial charge is 1.00 e. The summed E-state index contributed by atoms with van der Waals surface area (Å²) < 4.78 is 5.43. The SMILES string of the molecule is N=C(COc1ccccc1)[N-]CCCCCCCC(=O)O.[Li+]. The van der Waals surface area contributed by atoms with Gasteiger partial charge in [-0.15, -0.1) is 0 Å². The number of rotatable bonds is 11. The average Bonchev–Trinajstić information content (AvgIpc) is 2.48. The van der Waals surface area contributed by atoms with E-state index in [1.165, 1.54) is 0 Å². The van der Waals surface area contributed by atoms with E-state index in [4.69, 9.17) is 15.3 Å². The fraction of sp³-hybridized carbons (Fsp3) is 0.500. The number of carboxylic acid groups (broad SMARTS) is 1. The van der Waals surface area contributed by atoms with Crippen LogP contribution in [0.2, 0.25) is 0 Å². The Morgan fingerprint density at radius 3 is 2.41 bits per heavy atom. The fourth-order valence-electron chi connectivity index (χ4n) is 1.85. The van der Waals surface area contributed by atoms with Crippen LogP contribution in [0, 0.1) is 5.41 Å². The van der Waals surface area contributed by atoms with Gasteiger partial charge in [-0.25, -0.2) is 0 Å². The van der Waals surface area contributed by atoms with Gasteiger partial charge in [0.15, 0.2) is 0 Å². The predicted molar refractivity (Wildman–Crippen MR) is 83.2 cm³/mol. The van der Waals surface area contributed by atoms with E-state index in [0.717, 1.165) is 37.9 Å². The Morgan fingerprint density at radius 2 is 1.73 bits per heavy atom. The molecule has 5 nitrogen and oxygen atoms in total. The monoisotopic (exact) mass is 298 g/mol. The summed E-state index contributed by atoms with van der Waals surface area (Å²) in [4.78, 5) is 10.3. The molecular formula is C16H23LiN2O3. The molecule has 2 N–H and O–H groups in total. The number of para-hydroxylation sites is 1. The first kappa shape index (κ1) is 20.6. The first-order valence-corrected chi connectivity index (χ1v) is 7.33. The van der Waals surface area contributed by atoms with Crippen molar-refractivity contribution in [3.63, 3.8) is 0 Å². The van der Waals surface area contributed by atoms with Gasteiger partial charge >= 0.3 is 24.8 Å². The molecule has 6 heteroatoms. The quantitative estimate of drug-likeness (QED) is 0.275. The molecule has 1 rings (SSSR count). The summed E-state index contributed by atoms with van der Waals surface area (Å²) in [5.74, 6) is 0.275. The smallest absolute Gasteiger partial charge is 0.490 e. The van der Waals surface area contributed by atoms with E-state index in [0.29, 0.717) is 6.54 Å². The summed E-state index contributed by atoms with van der Waals surface area (Å²) >= 11 is 0. The molecule has 0 amide bonds. The van der Waals surface area contributed by atoms with Crippen LogP contribution >= 0.6 is 0 Å². The van der Waals surface area contributed by atoms with E-state index >= 15 is 0 Å². The molecule has 0 radical (unpaired) electrons. The van der Waals surface area contributed by atoms with Crippen molar-refractivity contribution in [2.45, 2.75) is 38.5 Å². The minimum atomic E-state index is -0.725. The van der Waals surface area contributed by atoms with E-state index in [9.17, 15) is 4.79 Å². The number of aliphatic carboxylic acids is 1. The van der Waals surface area contributed by atoms with Gasteiger partial charge in [0.05, 0.1) is 0 Å². The zero-order valence-corrected chi connectivity index (χ0v) is 13.3. The number of benzene rings is 1. The third-order valence-corrected chi connectivity index (χ3v) is 2.97. The first-order chi connectivity index (χ1) is 10.2. The number of amidine groups is 1. The van der Waals surface area contributed by atoms with E-state index in [1.54, 1.807) is 0 Å². The summed E-state index contributed by atoms with van der Waals surface area (Å²) in [5, 5.41) is 20.3. The molecule has 0 aromatic heterocycles. The van der Waals surface area contributed by atoms with Crippen LogP contribution in [-0.4, -0.2) is 30.1 Å². The minimum absolute atomic E-state index is 0. The van der Waals surface area contributed by atoms with E-state index in [2.05, 4.69) is 5.32 Å². The molecule has 1 aromatic rings. The van der Waals surface area contributed by atoms with Gasteiger partial charge in [0, 0.05) is 6.42 Å². The third kappa shape index (κ3) is 11.2. The number of unbranched alkanes of at least 4 members (excludes halogenated alkanes) is 4. The number of carboxylic acids is 1. The summed E-state index contributed by atoms with van der Waals surface area (Å²) in [6, 6.07) is 9.40. The number of nitrogens with one attached hydrogen (secondary N) is 1. The van der Waals surface area contributed by atoms with Crippen molar-refractivity contribution < 1.29 is 33.5 Å². The Hall–Kier alpha value is -1.44. The molecule has 0 spiro atoms. The summed E-state index contributed by atoms with van der Waals surface area (Å²) in [6.07, 6.45) is 4.92. The van der Waals surface area contributed by atoms with Gasteiger partial charge < -0.3 is 20.6 Å². The molecule has 1 aromatic carbocycles. The zero-order valence-electron chi connectivity index (χ0n) is 13.3. The number of hydrogen-bond donors (Lipinski definition) is 2. The summed E-state index contributed by atoms with van der Waals surface area (Å²) in [5.41, 5.74) is 0. The van der Waals surface area contributed by atoms with Crippen LogP contribution in [0.5, 0.6) is 5.75 Å². The second-order valence-corrected chi connectivity index (χ2v) is 4.84. The Labute approximate surface area is 144 Å². The van der Waals surface area contributed by atoms with Crippen LogP contribution in [0.25, 0.3) is 5.32 Å². The Balaban J connectivity index is 0.00000441. The second-order valence-electron chi connectivity index (χ2n) is 4.84. The van der Waals surface area contributed by atoms with Gasteiger partial charge in [0.1, 0.15) is 12.4 Å². The number of ether oxygens (including phenoxy) is 1. The molecule has 0 aliphatic carbocycles. The molecule has 0 unspecified atom stereocenters. The van der Waals surface area contributed by atoms with E-state index < -0.39 is 5.97 Å². The van der Waals surface area contributed by atoms with Crippen molar-refractivity contribution >= 4 is 11.8 Å². The third-order valence-electron chi connectivity index (χ3n) is 2.97. The van der Waals surface area contributed by atoms with Crippen LogP contribution in [0.4, 0.5) is 0 Å². The van der Waals surface area contributed by atoms with Gasteiger partial charge in [-0.1, -0.05) is 56.3 Å². The van der Waals surface area contributed by atoms with Crippen LogP contribution in [-0.2, 0) is 4.79 Å². The molecule has 0 aliphatic rings. The van der Waals surface area contributed by atoms with Gasteiger partial charge in [-0.2, -0.15) is 0 Å². The van der Waals surface area contributed by atoms with Gasteiger partial charge in [0.2, 0.25) is 0 Å². The maximum absolute atomic E-state index is 10.3. The molecule has 0 saturated carbocycles. The molecule has 22 heavy (non-hydrogen) atoms. The molecule has 0 aliphatic heterocycles. The van der Waals surface area contributed by atoms with Crippen molar-refractivity contribution in [1.29, 1.82) is 5.41 Å². The maximum atomic E-state index is 10.3. The predicted octanol–water partition coefficient (Wildman–Crippen LogP) is 0.846. The Bertz CT molecular complexity index is 427. The molecular weight excluding hydrogens is 275 g/mol. The normalized spacial score (nSPS) is 9.64. The van der Waals surface area contributed by atoms with Crippen molar-refractivity contribution in [2.75, 3.05) is 13.2 Å². The Kier molecular flexibility index (Phi) is 12.4. The van der Waals surface area contributed by atoms with Crippen LogP contribution in [0.3, 0.4) is 0 Å². The van der Waals surface area contributed by atoms with Gasteiger partial charge in [-0.3, -0.25) is 4.79 Å². The van der Waals surface area contributed by atoms with Gasteiger partial charge in [-0.05, 0) is 18.6 Å². The van der Waals surface area contributed by atoms with Crippen molar-refractivity contribution in [3.8, 4) is 5.75 Å². The van der Waals surface area contributed by atoms with Crippen LogP contribution in [0.1, 0.15) is 38.5 Å². The van der Waals surface area contributed by atoms with E-state index in [-0.39, 0.29) is 37.7 Å².